The first-order valence-electron chi connectivity index (χ1n) is 9.05. The van der Waals surface area contributed by atoms with Crippen LogP contribution in [0.15, 0.2) is 76.4 Å². The van der Waals surface area contributed by atoms with Crippen molar-refractivity contribution < 1.29 is 18.7 Å². The minimum atomic E-state index is -0.982. The number of carbonyl (C=O) groups excluding carboxylic acids is 2. The lowest BCUT2D eigenvalue weighted by molar-refractivity contribution is -0.127. The molecule has 29 heavy (non-hydrogen) atoms. The Morgan fingerprint density at radius 2 is 1.93 bits per heavy atom. The van der Waals surface area contributed by atoms with Crippen LogP contribution in [0.3, 0.4) is 0 Å². The van der Waals surface area contributed by atoms with Crippen LogP contribution in [0.2, 0.25) is 0 Å². The Bertz CT molecular complexity index is 1070. The van der Waals surface area contributed by atoms with E-state index in [0.29, 0.717) is 28.6 Å². The molecule has 2 heterocycles. The average molecular weight is 389 g/mol. The Hall–Kier alpha value is -3.87. The monoisotopic (exact) mass is 389 g/mol. The highest BCUT2D eigenvalue weighted by atomic mass is 16.5. The normalized spacial score (nSPS) is 15.9. The lowest BCUT2D eigenvalue weighted by Crippen LogP contribution is -2.36. The van der Waals surface area contributed by atoms with Gasteiger partial charge in [0.2, 0.25) is 5.91 Å². The molecule has 0 saturated carbocycles. The minimum Gasteiger partial charge on any atom is -0.497 e. The highest BCUT2D eigenvalue weighted by Crippen LogP contribution is 2.27. The zero-order valence-corrected chi connectivity index (χ0v) is 16.0. The smallest absolute Gasteiger partial charge is 0.265 e. The van der Waals surface area contributed by atoms with Crippen molar-refractivity contribution in [2.24, 2.45) is 11.0 Å². The number of carbonyl (C=O) groups is 2. The molecule has 1 aliphatic rings. The van der Waals surface area contributed by atoms with Crippen LogP contribution in [-0.2, 0) is 9.59 Å². The number of amides is 2. The third kappa shape index (κ3) is 3.62. The standard InChI is InChI=1S/C22H19N3O4/c1-14-20(22(27)25(24-14)17-8-10-18(28-2)11-9-17)21(26)23-16-6-3-5-15(13-16)19-7-4-12-29-19/h3-13,20H,1-2H3,(H,23,26). The van der Waals surface area contributed by atoms with Crippen molar-refractivity contribution in [1.82, 2.24) is 0 Å². The molecule has 1 atom stereocenters. The number of hydrogen-bond acceptors (Lipinski definition) is 5. The summed E-state index contributed by atoms with van der Waals surface area (Å²) in [4.78, 5) is 25.7. The summed E-state index contributed by atoms with van der Waals surface area (Å²) in [6, 6.07) is 17.8. The van der Waals surface area contributed by atoms with Crippen molar-refractivity contribution in [2.75, 3.05) is 17.4 Å². The molecular formula is C22H19N3O4. The van der Waals surface area contributed by atoms with E-state index in [0.717, 1.165) is 5.56 Å². The summed E-state index contributed by atoms with van der Waals surface area (Å²) >= 11 is 0. The molecule has 0 spiro atoms. The highest BCUT2D eigenvalue weighted by molar-refractivity contribution is 6.28. The second-order valence-corrected chi connectivity index (χ2v) is 6.57. The molecule has 1 aromatic heterocycles. The van der Waals surface area contributed by atoms with Gasteiger partial charge in [-0.2, -0.15) is 10.1 Å². The SMILES string of the molecule is COc1ccc(N2N=C(C)C(C(=O)Nc3cccc(-c4ccco4)c3)C2=O)cc1. The molecular weight excluding hydrogens is 370 g/mol. The summed E-state index contributed by atoms with van der Waals surface area (Å²) in [5.74, 6) is -0.436. The molecule has 0 radical (unpaired) electrons. The van der Waals surface area contributed by atoms with Gasteiger partial charge in [-0.3, -0.25) is 9.59 Å². The van der Waals surface area contributed by atoms with Crippen LogP contribution in [0.5, 0.6) is 5.75 Å². The molecule has 1 aliphatic heterocycles. The van der Waals surface area contributed by atoms with Crippen molar-refractivity contribution >= 4 is 28.9 Å². The van der Waals surface area contributed by atoms with Gasteiger partial charge in [0.05, 0.1) is 24.8 Å². The van der Waals surface area contributed by atoms with Gasteiger partial charge in [0, 0.05) is 11.3 Å². The topological polar surface area (TPSA) is 84.1 Å². The maximum atomic E-state index is 12.9. The number of methoxy groups -OCH3 is 1. The van der Waals surface area contributed by atoms with E-state index in [9.17, 15) is 9.59 Å². The third-order valence-corrected chi connectivity index (χ3v) is 4.65. The Morgan fingerprint density at radius 1 is 1.14 bits per heavy atom. The van der Waals surface area contributed by atoms with E-state index in [1.165, 1.54) is 5.01 Å². The van der Waals surface area contributed by atoms with Crippen molar-refractivity contribution in [1.29, 1.82) is 0 Å². The zero-order chi connectivity index (χ0) is 20.4. The Morgan fingerprint density at radius 3 is 2.62 bits per heavy atom. The van der Waals surface area contributed by atoms with E-state index in [2.05, 4.69) is 10.4 Å². The van der Waals surface area contributed by atoms with Crippen LogP contribution < -0.4 is 15.1 Å². The summed E-state index contributed by atoms with van der Waals surface area (Å²) < 4.78 is 10.5. The number of furan rings is 1. The number of nitrogens with zero attached hydrogens (tertiary/aromatic N) is 2. The number of ether oxygens (including phenoxy) is 1. The number of hydrazone groups is 1. The summed E-state index contributed by atoms with van der Waals surface area (Å²) in [6.07, 6.45) is 1.59. The first-order valence-corrected chi connectivity index (χ1v) is 9.05. The Balaban J connectivity index is 1.51. The summed E-state index contributed by atoms with van der Waals surface area (Å²) in [5.41, 5.74) is 2.42. The fraction of sp³-hybridized carbons (Fsp3) is 0.136. The molecule has 146 valence electrons. The predicted molar refractivity (Wildman–Crippen MR) is 110 cm³/mol. The summed E-state index contributed by atoms with van der Waals surface area (Å²) in [6.45, 7) is 1.67. The predicted octanol–water partition coefficient (Wildman–Crippen LogP) is 3.93. The number of anilines is 2. The van der Waals surface area contributed by atoms with Gasteiger partial charge < -0.3 is 14.5 Å². The molecule has 1 N–H and O–H groups in total. The number of hydrogen-bond donors (Lipinski definition) is 1. The quantitative estimate of drug-likeness (QED) is 0.670. The van der Waals surface area contributed by atoms with Crippen LogP contribution in [0.4, 0.5) is 11.4 Å². The van der Waals surface area contributed by atoms with Gasteiger partial charge in [0.15, 0.2) is 5.92 Å². The molecule has 1 unspecified atom stereocenters. The summed E-state index contributed by atoms with van der Waals surface area (Å²) in [5, 5.41) is 8.34. The molecule has 3 aromatic rings. The van der Waals surface area contributed by atoms with Crippen molar-refractivity contribution in [2.45, 2.75) is 6.92 Å². The molecule has 7 heteroatoms. The van der Waals surface area contributed by atoms with Crippen molar-refractivity contribution in [3.05, 3.63) is 66.9 Å². The van der Waals surface area contributed by atoms with Gasteiger partial charge in [-0.05, 0) is 55.5 Å². The van der Waals surface area contributed by atoms with Gasteiger partial charge in [-0.1, -0.05) is 12.1 Å². The molecule has 7 nitrogen and oxygen atoms in total. The second kappa shape index (κ2) is 7.63. The second-order valence-electron chi connectivity index (χ2n) is 6.57. The molecule has 0 fully saturated rings. The molecule has 2 aromatic carbocycles. The maximum Gasteiger partial charge on any atom is 0.265 e. The number of rotatable bonds is 5. The first kappa shape index (κ1) is 18.5. The van der Waals surface area contributed by atoms with Crippen LogP contribution in [0.25, 0.3) is 11.3 Å². The largest absolute Gasteiger partial charge is 0.497 e. The van der Waals surface area contributed by atoms with Crippen LogP contribution in [0.1, 0.15) is 6.92 Å². The molecule has 0 bridgehead atoms. The molecule has 0 aliphatic carbocycles. The van der Waals surface area contributed by atoms with E-state index < -0.39 is 17.7 Å². The molecule has 4 rings (SSSR count). The first-order chi connectivity index (χ1) is 14.1. The lowest BCUT2D eigenvalue weighted by atomic mass is 10.0. The molecule has 0 saturated heterocycles. The van der Waals surface area contributed by atoms with E-state index in [1.807, 2.05) is 18.2 Å². The van der Waals surface area contributed by atoms with Gasteiger partial charge in [0.1, 0.15) is 11.5 Å². The van der Waals surface area contributed by atoms with Crippen molar-refractivity contribution in [3.8, 4) is 17.1 Å². The number of nitrogens with one attached hydrogen (secondary N) is 1. The van der Waals surface area contributed by atoms with Gasteiger partial charge in [0.25, 0.3) is 5.91 Å². The van der Waals surface area contributed by atoms with Gasteiger partial charge in [-0.15, -0.1) is 0 Å². The van der Waals surface area contributed by atoms with Crippen molar-refractivity contribution in [3.63, 3.8) is 0 Å². The van der Waals surface area contributed by atoms with E-state index >= 15 is 0 Å². The van der Waals surface area contributed by atoms with Crippen LogP contribution >= 0.6 is 0 Å². The van der Waals surface area contributed by atoms with Gasteiger partial charge >= 0.3 is 0 Å². The fourth-order valence-electron chi connectivity index (χ4n) is 3.18. The minimum absolute atomic E-state index is 0.396. The Kier molecular flexibility index (Phi) is 4.87. The molecule has 2 amide bonds. The Labute approximate surface area is 167 Å². The van der Waals surface area contributed by atoms with Gasteiger partial charge in [-0.25, -0.2) is 0 Å². The van der Waals surface area contributed by atoms with Crippen LogP contribution in [0, 0.1) is 5.92 Å². The van der Waals surface area contributed by atoms with E-state index in [4.69, 9.17) is 9.15 Å². The average Bonchev–Trinajstić information content (AvgIpc) is 3.36. The zero-order valence-electron chi connectivity index (χ0n) is 16.0. The lowest BCUT2D eigenvalue weighted by Gasteiger charge is -2.15. The maximum absolute atomic E-state index is 12.9. The van der Waals surface area contributed by atoms with E-state index in [-0.39, 0.29) is 0 Å². The summed E-state index contributed by atoms with van der Waals surface area (Å²) in [7, 11) is 1.57. The van der Waals surface area contributed by atoms with Crippen LogP contribution in [-0.4, -0.2) is 24.6 Å². The highest BCUT2D eigenvalue weighted by Gasteiger charge is 2.39. The fourth-order valence-corrected chi connectivity index (χ4v) is 3.18. The number of benzene rings is 2. The third-order valence-electron chi connectivity index (χ3n) is 4.65. The van der Waals surface area contributed by atoms with E-state index in [1.54, 1.807) is 62.8 Å².